The molecule has 0 spiro atoms. The second-order valence-corrected chi connectivity index (χ2v) is 7.41. The predicted octanol–water partition coefficient (Wildman–Crippen LogP) is 4.47. The number of ketones is 1. The quantitative estimate of drug-likeness (QED) is 0.509. The fourth-order valence-electron chi connectivity index (χ4n) is 2.81. The molecule has 0 aliphatic rings. The number of carbonyl (C=O) groups excluding carboxylic acids is 1. The monoisotopic (exact) mass is 332 g/mol. The third kappa shape index (κ3) is 3.32. The minimum absolute atomic E-state index is 0.120. The summed E-state index contributed by atoms with van der Waals surface area (Å²) in [7, 11) is 0.484. The molecule has 0 heterocycles. The molecule has 3 aromatic rings. The minimum Gasteiger partial charge on any atom is -0.289 e. The van der Waals surface area contributed by atoms with Gasteiger partial charge in [-0.3, -0.25) is 4.79 Å². The van der Waals surface area contributed by atoms with Crippen molar-refractivity contribution in [1.29, 1.82) is 0 Å². The van der Waals surface area contributed by atoms with E-state index in [0.717, 1.165) is 22.0 Å². The van der Waals surface area contributed by atoms with Crippen molar-refractivity contribution < 1.29 is 4.79 Å². The topological polar surface area (TPSA) is 17.1 Å². The molecule has 0 aliphatic carbocycles. The Morgan fingerprint density at radius 1 is 0.708 bits per heavy atom. The highest BCUT2D eigenvalue weighted by atomic mass is 31.1. The van der Waals surface area contributed by atoms with Crippen molar-refractivity contribution in [3.63, 3.8) is 0 Å². The average Bonchev–Trinajstić information content (AvgIpc) is 2.61. The largest absolute Gasteiger partial charge is 0.289 e. The van der Waals surface area contributed by atoms with Gasteiger partial charge in [0.1, 0.15) is 0 Å². The van der Waals surface area contributed by atoms with Crippen LogP contribution in [0.2, 0.25) is 0 Å². The Morgan fingerprint density at radius 2 is 1.38 bits per heavy atom. The van der Waals surface area contributed by atoms with E-state index in [-0.39, 0.29) is 5.78 Å². The van der Waals surface area contributed by atoms with Crippen LogP contribution in [0.25, 0.3) is 0 Å². The Morgan fingerprint density at radius 3 is 2.12 bits per heavy atom. The SMILES string of the molecule is Cc1ccc(C(=O)c2ccccc2Pc2ccccc2)c(C)c1C. The fraction of sp³-hybridized carbons (Fsp3) is 0.136. The van der Waals surface area contributed by atoms with Gasteiger partial charge in [-0.15, -0.1) is 0 Å². The molecule has 1 nitrogen and oxygen atoms in total. The first-order valence-corrected chi connectivity index (χ1v) is 9.10. The Balaban J connectivity index is 2.01. The maximum atomic E-state index is 13.1. The lowest BCUT2D eigenvalue weighted by molar-refractivity contribution is 0.103. The molecule has 3 rings (SSSR count). The number of hydrogen-bond acceptors (Lipinski definition) is 1. The summed E-state index contributed by atoms with van der Waals surface area (Å²) >= 11 is 0. The summed E-state index contributed by atoms with van der Waals surface area (Å²) in [6.45, 7) is 6.21. The first-order valence-electron chi connectivity index (χ1n) is 8.10. The van der Waals surface area contributed by atoms with Crippen LogP contribution in [0.15, 0.2) is 66.7 Å². The van der Waals surface area contributed by atoms with E-state index in [0.29, 0.717) is 8.58 Å². The Kier molecular flexibility index (Phi) is 4.92. The molecule has 2 heteroatoms. The van der Waals surface area contributed by atoms with Crippen LogP contribution in [-0.2, 0) is 0 Å². The van der Waals surface area contributed by atoms with Crippen LogP contribution in [0.4, 0.5) is 0 Å². The van der Waals surface area contributed by atoms with Crippen LogP contribution in [-0.4, -0.2) is 5.78 Å². The van der Waals surface area contributed by atoms with Crippen molar-refractivity contribution >= 4 is 25.0 Å². The standard InChI is InChI=1S/C22H21OP/c1-15-13-14-19(17(3)16(15)2)22(23)20-11-7-8-12-21(20)24-18-9-5-4-6-10-18/h4-14,24H,1-3H3. The maximum Gasteiger partial charge on any atom is 0.193 e. The third-order valence-electron chi connectivity index (χ3n) is 4.53. The lowest BCUT2D eigenvalue weighted by Crippen LogP contribution is -2.16. The van der Waals surface area contributed by atoms with Crippen molar-refractivity contribution in [2.24, 2.45) is 0 Å². The zero-order chi connectivity index (χ0) is 17.1. The second-order valence-electron chi connectivity index (χ2n) is 6.05. The molecule has 0 saturated carbocycles. The molecular formula is C22H21OP. The molecule has 120 valence electrons. The van der Waals surface area contributed by atoms with Gasteiger partial charge in [-0.05, 0) is 48.1 Å². The van der Waals surface area contributed by atoms with Crippen LogP contribution < -0.4 is 10.6 Å². The Bertz CT molecular complexity index is 882. The van der Waals surface area contributed by atoms with Crippen molar-refractivity contribution in [1.82, 2.24) is 0 Å². The molecule has 0 radical (unpaired) electrons. The number of aryl methyl sites for hydroxylation is 1. The summed E-state index contributed by atoms with van der Waals surface area (Å²) in [5.41, 5.74) is 5.12. The Labute approximate surface area is 145 Å². The van der Waals surface area contributed by atoms with E-state index in [1.54, 1.807) is 0 Å². The second kappa shape index (κ2) is 7.11. The highest BCUT2D eigenvalue weighted by Crippen LogP contribution is 2.22. The summed E-state index contributed by atoms with van der Waals surface area (Å²) in [6.07, 6.45) is 0. The van der Waals surface area contributed by atoms with Crippen molar-refractivity contribution in [3.05, 3.63) is 94.5 Å². The van der Waals surface area contributed by atoms with Crippen LogP contribution in [0, 0.1) is 20.8 Å². The zero-order valence-electron chi connectivity index (χ0n) is 14.3. The summed E-state index contributed by atoms with van der Waals surface area (Å²) in [5.74, 6) is 0.120. The van der Waals surface area contributed by atoms with Crippen LogP contribution in [0.1, 0.15) is 32.6 Å². The first kappa shape index (κ1) is 16.6. The molecule has 0 aliphatic heterocycles. The van der Waals surface area contributed by atoms with Crippen LogP contribution >= 0.6 is 8.58 Å². The van der Waals surface area contributed by atoms with Crippen LogP contribution in [0.3, 0.4) is 0 Å². The van der Waals surface area contributed by atoms with Crippen molar-refractivity contribution in [2.75, 3.05) is 0 Å². The smallest absolute Gasteiger partial charge is 0.193 e. The summed E-state index contributed by atoms with van der Waals surface area (Å²) in [6, 6.07) is 22.3. The lowest BCUT2D eigenvalue weighted by atomic mass is 9.93. The number of carbonyl (C=O) groups is 1. The van der Waals surface area contributed by atoms with Crippen molar-refractivity contribution in [3.8, 4) is 0 Å². The molecule has 0 bridgehead atoms. The number of hydrogen-bond donors (Lipinski definition) is 0. The minimum atomic E-state index is 0.120. The van der Waals surface area contributed by atoms with Gasteiger partial charge in [0.05, 0.1) is 0 Å². The van der Waals surface area contributed by atoms with E-state index in [1.807, 2.05) is 55.5 Å². The lowest BCUT2D eigenvalue weighted by Gasteiger charge is -2.13. The highest BCUT2D eigenvalue weighted by Gasteiger charge is 2.17. The molecule has 24 heavy (non-hydrogen) atoms. The van der Waals surface area contributed by atoms with Crippen molar-refractivity contribution in [2.45, 2.75) is 20.8 Å². The average molecular weight is 332 g/mol. The van der Waals surface area contributed by atoms with Gasteiger partial charge in [0.25, 0.3) is 0 Å². The summed E-state index contributed by atoms with van der Waals surface area (Å²) in [4.78, 5) is 13.1. The van der Waals surface area contributed by atoms with Gasteiger partial charge in [0, 0.05) is 11.1 Å². The number of rotatable bonds is 4. The molecule has 0 saturated heterocycles. The van der Waals surface area contributed by atoms with E-state index in [9.17, 15) is 4.79 Å². The Hall–Kier alpha value is -2.24. The molecule has 0 N–H and O–H groups in total. The first-order chi connectivity index (χ1) is 11.6. The summed E-state index contributed by atoms with van der Waals surface area (Å²) in [5, 5.41) is 2.35. The third-order valence-corrected chi connectivity index (χ3v) is 5.85. The van der Waals surface area contributed by atoms with E-state index in [4.69, 9.17) is 0 Å². The van der Waals surface area contributed by atoms with E-state index >= 15 is 0 Å². The normalized spacial score (nSPS) is 11.1. The zero-order valence-corrected chi connectivity index (χ0v) is 15.3. The molecule has 0 fully saturated rings. The van der Waals surface area contributed by atoms with E-state index < -0.39 is 0 Å². The van der Waals surface area contributed by atoms with Gasteiger partial charge in [0.15, 0.2) is 5.78 Å². The number of benzene rings is 3. The molecule has 1 atom stereocenters. The molecule has 1 unspecified atom stereocenters. The van der Waals surface area contributed by atoms with E-state index in [2.05, 4.69) is 32.0 Å². The van der Waals surface area contributed by atoms with Gasteiger partial charge in [-0.1, -0.05) is 75.3 Å². The molecular weight excluding hydrogens is 311 g/mol. The summed E-state index contributed by atoms with van der Waals surface area (Å²) < 4.78 is 0. The fourth-order valence-corrected chi connectivity index (χ4v) is 4.00. The molecule has 3 aromatic carbocycles. The van der Waals surface area contributed by atoms with Gasteiger partial charge in [-0.25, -0.2) is 0 Å². The highest BCUT2D eigenvalue weighted by molar-refractivity contribution is 7.55. The predicted molar refractivity (Wildman–Crippen MR) is 105 cm³/mol. The molecule has 0 amide bonds. The maximum absolute atomic E-state index is 13.1. The van der Waals surface area contributed by atoms with E-state index in [1.165, 1.54) is 16.4 Å². The van der Waals surface area contributed by atoms with Crippen LogP contribution in [0.5, 0.6) is 0 Å². The van der Waals surface area contributed by atoms with Gasteiger partial charge in [-0.2, -0.15) is 0 Å². The molecule has 0 aromatic heterocycles. The van der Waals surface area contributed by atoms with Gasteiger partial charge >= 0.3 is 0 Å². The van der Waals surface area contributed by atoms with Gasteiger partial charge < -0.3 is 0 Å². The van der Waals surface area contributed by atoms with Gasteiger partial charge in [0.2, 0.25) is 0 Å².